The molecule has 0 bridgehead atoms. The van der Waals surface area contributed by atoms with Gasteiger partial charge >= 0.3 is 0 Å². The van der Waals surface area contributed by atoms with E-state index in [4.69, 9.17) is 0 Å². The zero-order valence-electron chi connectivity index (χ0n) is 10.1. The van der Waals surface area contributed by atoms with Crippen LogP contribution < -0.4 is 5.32 Å². The summed E-state index contributed by atoms with van der Waals surface area (Å²) in [6, 6.07) is 4.65. The quantitative estimate of drug-likeness (QED) is 0.911. The number of rotatable bonds is 3. The number of aromatic nitrogens is 2. The Morgan fingerprint density at radius 1 is 1.33 bits per heavy atom. The summed E-state index contributed by atoms with van der Waals surface area (Å²) in [5.74, 6) is 0. The van der Waals surface area contributed by atoms with E-state index in [0.717, 1.165) is 26.2 Å². The van der Waals surface area contributed by atoms with Gasteiger partial charge < -0.3 is 5.32 Å². The second kappa shape index (κ2) is 5.56. The molecular formula is C13H16N4S. The molecule has 1 unspecified atom stereocenters. The predicted molar refractivity (Wildman–Crippen MR) is 72.4 cm³/mol. The van der Waals surface area contributed by atoms with Crippen molar-refractivity contribution in [3.63, 3.8) is 0 Å². The molecule has 3 rings (SSSR count). The highest BCUT2D eigenvalue weighted by atomic mass is 32.1. The first kappa shape index (κ1) is 11.8. The van der Waals surface area contributed by atoms with E-state index in [0.29, 0.717) is 6.04 Å². The lowest BCUT2D eigenvalue weighted by Gasteiger charge is -2.36. The summed E-state index contributed by atoms with van der Waals surface area (Å²) in [5.41, 5.74) is 3.24. The van der Waals surface area contributed by atoms with Crippen LogP contribution in [-0.2, 0) is 6.54 Å². The molecule has 0 saturated carbocycles. The van der Waals surface area contributed by atoms with Crippen LogP contribution >= 0.6 is 11.3 Å². The summed E-state index contributed by atoms with van der Waals surface area (Å²) < 4.78 is 0. The molecule has 1 N–H and O–H groups in total. The van der Waals surface area contributed by atoms with E-state index in [1.54, 1.807) is 11.3 Å². The number of hydrogen-bond acceptors (Lipinski definition) is 5. The van der Waals surface area contributed by atoms with Crippen LogP contribution in [0.3, 0.4) is 0 Å². The zero-order valence-corrected chi connectivity index (χ0v) is 10.9. The Bertz CT molecular complexity index is 471. The zero-order chi connectivity index (χ0) is 12.2. The van der Waals surface area contributed by atoms with Gasteiger partial charge in [0.2, 0.25) is 0 Å². The summed E-state index contributed by atoms with van der Waals surface area (Å²) in [6.07, 6.45) is 5.71. The molecule has 1 aliphatic heterocycles. The average Bonchev–Trinajstić information content (AvgIpc) is 2.93. The van der Waals surface area contributed by atoms with Crippen molar-refractivity contribution in [1.29, 1.82) is 0 Å². The van der Waals surface area contributed by atoms with Crippen LogP contribution in [0.4, 0.5) is 0 Å². The van der Waals surface area contributed by atoms with E-state index in [1.165, 1.54) is 10.4 Å². The first-order chi connectivity index (χ1) is 8.93. The largest absolute Gasteiger partial charge is 0.314 e. The van der Waals surface area contributed by atoms with Gasteiger partial charge in [-0.3, -0.25) is 14.9 Å². The van der Waals surface area contributed by atoms with E-state index in [-0.39, 0.29) is 0 Å². The van der Waals surface area contributed by atoms with Crippen molar-refractivity contribution in [2.75, 3.05) is 19.6 Å². The van der Waals surface area contributed by atoms with Crippen LogP contribution in [0.1, 0.15) is 16.5 Å². The SMILES string of the molecule is c1cc(C2CNCCN2Cc2cncs2)ccn1. The Kier molecular flexibility index (Phi) is 3.64. The van der Waals surface area contributed by atoms with Crippen LogP contribution in [0.2, 0.25) is 0 Å². The minimum atomic E-state index is 0.434. The Hall–Kier alpha value is -1.30. The maximum Gasteiger partial charge on any atom is 0.0794 e. The molecule has 94 valence electrons. The first-order valence-corrected chi connectivity index (χ1v) is 7.03. The van der Waals surface area contributed by atoms with Crippen LogP contribution in [0.15, 0.2) is 36.2 Å². The Morgan fingerprint density at radius 2 is 2.22 bits per heavy atom. The van der Waals surface area contributed by atoms with Gasteiger partial charge in [0.1, 0.15) is 0 Å². The summed E-state index contributed by atoms with van der Waals surface area (Å²) in [5, 5.41) is 3.47. The highest BCUT2D eigenvalue weighted by Gasteiger charge is 2.23. The number of pyridine rings is 1. The molecular weight excluding hydrogens is 244 g/mol. The molecule has 1 saturated heterocycles. The number of nitrogens with one attached hydrogen (secondary N) is 1. The van der Waals surface area contributed by atoms with Gasteiger partial charge in [0, 0.05) is 55.7 Å². The lowest BCUT2D eigenvalue weighted by atomic mass is 10.0. The number of thiazole rings is 1. The average molecular weight is 260 g/mol. The third-order valence-electron chi connectivity index (χ3n) is 3.29. The van der Waals surface area contributed by atoms with Crippen molar-refractivity contribution in [3.8, 4) is 0 Å². The summed E-state index contributed by atoms with van der Waals surface area (Å²) >= 11 is 1.73. The molecule has 1 aliphatic rings. The van der Waals surface area contributed by atoms with Crippen molar-refractivity contribution in [1.82, 2.24) is 20.2 Å². The number of nitrogens with zero attached hydrogens (tertiary/aromatic N) is 3. The minimum Gasteiger partial charge on any atom is -0.314 e. The maximum absolute atomic E-state index is 4.15. The van der Waals surface area contributed by atoms with Gasteiger partial charge in [-0.15, -0.1) is 11.3 Å². The van der Waals surface area contributed by atoms with Crippen molar-refractivity contribution in [2.24, 2.45) is 0 Å². The summed E-state index contributed by atoms with van der Waals surface area (Å²) in [6.45, 7) is 4.12. The van der Waals surface area contributed by atoms with Crippen LogP contribution in [-0.4, -0.2) is 34.5 Å². The fourth-order valence-electron chi connectivity index (χ4n) is 2.37. The highest BCUT2D eigenvalue weighted by molar-refractivity contribution is 7.09. The van der Waals surface area contributed by atoms with E-state index >= 15 is 0 Å². The Labute approximate surface area is 111 Å². The van der Waals surface area contributed by atoms with E-state index in [9.17, 15) is 0 Å². The van der Waals surface area contributed by atoms with E-state index < -0.39 is 0 Å². The molecule has 0 spiro atoms. The van der Waals surface area contributed by atoms with Crippen LogP contribution in [0.25, 0.3) is 0 Å². The van der Waals surface area contributed by atoms with Gasteiger partial charge in [-0.25, -0.2) is 0 Å². The Balaban J connectivity index is 1.78. The van der Waals surface area contributed by atoms with Gasteiger partial charge in [-0.05, 0) is 17.7 Å². The van der Waals surface area contributed by atoms with Crippen molar-refractivity contribution in [2.45, 2.75) is 12.6 Å². The molecule has 0 amide bonds. The summed E-state index contributed by atoms with van der Waals surface area (Å²) in [7, 11) is 0. The molecule has 1 atom stereocenters. The van der Waals surface area contributed by atoms with Crippen molar-refractivity contribution in [3.05, 3.63) is 46.7 Å². The number of hydrogen-bond donors (Lipinski definition) is 1. The first-order valence-electron chi connectivity index (χ1n) is 6.15. The second-order valence-electron chi connectivity index (χ2n) is 4.44. The Morgan fingerprint density at radius 3 is 3.00 bits per heavy atom. The second-order valence-corrected chi connectivity index (χ2v) is 5.41. The summed E-state index contributed by atoms with van der Waals surface area (Å²) in [4.78, 5) is 12.1. The fraction of sp³-hybridized carbons (Fsp3) is 0.385. The van der Waals surface area contributed by atoms with E-state index in [1.807, 2.05) is 24.1 Å². The molecule has 1 fully saturated rings. The predicted octanol–water partition coefficient (Wildman–Crippen LogP) is 1.68. The standard InChI is InChI=1S/C13H16N4S/c1-3-14-4-2-11(1)13-8-15-5-6-17(13)9-12-7-16-10-18-12/h1-4,7,10,13,15H,5-6,8-9H2. The molecule has 3 heterocycles. The molecule has 2 aromatic heterocycles. The van der Waals surface area contributed by atoms with Crippen molar-refractivity contribution >= 4 is 11.3 Å². The number of piperazine rings is 1. The van der Waals surface area contributed by atoms with Gasteiger partial charge in [0.05, 0.1) is 5.51 Å². The molecule has 18 heavy (non-hydrogen) atoms. The van der Waals surface area contributed by atoms with Gasteiger partial charge in [-0.2, -0.15) is 0 Å². The van der Waals surface area contributed by atoms with Crippen molar-refractivity contribution < 1.29 is 0 Å². The van der Waals surface area contributed by atoms with E-state index in [2.05, 4.69) is 32.3 Å². The molecule has 0 radical (unpaired) electrons. The lowest BCUT2D eigenvalue weighted by Crippen LogP contribution is -2.45. The van der Waals surface area contributed by atoms with Gasteiger partial charge in [-0.1, -0.05) is 0 Å². The smallest absolute Gasteiger partial charge is 0.0794 e. The third-order valence-corrected chi connectivity index (χ3v) is 4.05. The maximum atomic E-state index is 4.15. The molecule has 4 nitrogen and oxygen atoms in total. The van der Waals surface area contributed by atoms with Gasteiger partial charge in [0.15, 0.2) is 0 Å². The normalized spacial score (nSPS) is 21.0. The highest BCUT2D eigenvalue weighted by Crippen LogP contribution is 2.24. The third kappa shape index (κ3) is 2.58. The molecule has 5 heteroatoms. The topological polar surface area (TPSA) is 41.0 Å². The van der Waals surface area contributed by atoms with Gasteiger partial charge in [0.25, 0.3) is 0 Å². The minimum absolute atomic E-state index is 0.434. The molecule has 0 aromatic carbocycles. The van der Waals surface area contributed by atoms with Crippen LogP contribution in [0.5, 0.6) is 0 Å². The molecule has 0 aliphatic carbocycles. The fourth-order valence-corrected chi connectivity index (χ4v) is 2.99. The van der Waals surface area contributed by atoms with Crippen LogP contribution in [0, 0.1) is 0 Å². The molecule has 2 aromatic rings. The lowest BCUT2D eigenvalue weighted by molar-refractivity contribution is 0.155. The monoisotopic (exact) mass is 260 g/mol.